The molecule has 2 aliphatic rings. The normalized spacial score (nSPS) is 16.1. The van der Waals surface area contributed by atoms with Gasteiger partial charge in [0, 0.05) is 44.7 Å². The lowest BCUT2D eigenvalue weighted by Crippen LogP contribution is -2.41. The van der Waals surface area contributed by atoms with Crippen LogP contribution in [0, 0.1) is 0 Å². The number of anilines is 6. The van der Waals surface area contributed by atoms with Crippen molar-refractivity contribution in [1.82, 2.24) is 0 Å². The molecule has 0 aliphatic carbocycles. The topological polar surface area (TPSA) is 52.6 Å². The fraction of sp³-hybridized carbons (Fsp3) is 0.224. The maximum absolute atomic E-state index is 6.28. The minimum Gasteiger partial charge on any atom is -0.399 e. The molecule has 388 valence electrons. The van der Waals surface area contributed by atoms with Crippen molar-refractivity contribution in [1.29, 1.82) is 0 Å². The van der Waals surface area contributed by atoms with Crippen molar-refractivity contribution < 1.29 is 23.3 Å². The molecule has 12 rings (SSSR count). The highest BCUT2D eigenvalue weighted by Gasteiger charge is 2.53. The Morgan fingerprint density at radius 3 is 0.935 bits per heavy atom. The molecular weight excluding hydrogens is 1010 g/mol. The van der Waals surface area contributed by atoms with Crippen molar-refractivity contribution in [2.75, 3.05) is 9.80 Å². The summed E-state index contributed by atoms with van der Waals surface area (Å²) in [6.07, 6.45) is 0.120. The minimum absolute atomic E-state index is 0.120. The summed E-state index contributed by atoms with van der Waals surface area (Å²) in [5, 5.41) is 9.88. The average molecular weight is 1080 g/mol. The Labute approximate surface area is 464 Å². The van der Waals surface area contributed by atoms with Crippen LogP contribution in [-0.2, 0) is 23.3 Å². The second kappa shape index (κ2) is 21.9. The average Bonchev–Trinajstić information content (AvgIpc) is 3.79. The first kappa shape index (κ1) is 53.6. The van der Waals surface area contributed by atoms with E-state index in [9.17, 15) is 0 Å². The van der Waals surface area contributed by atoms with Crippen LogP contribution in [0.5, 0.6) is 0 Å². The smallest absolute Gasteiger partial charge is 0.399 e. The second-order valence-corrected chi connectivity index (χ2v) is 23.1. The maximum Gasteiger partial charge on any atom is 0.640 e. The predicted molar refractivity (Wildman–Crippen MR) is 328 cm³/mol. The van der Waals surface area contributed by atoms with Crippen LogP contribution < -0.4 is 15.3 Å². The number of fused-ring (bicyclic) bond motifs is 4. The molecule has 2 saturated heterocycles. The first-order valence-electron chi connectivity index (χ1n) is 26.6. The van der Waals surface area contributed by atoms with Crippen molar-refractivity contribution in [3.8, 4) is 0 Å². The minimum atomic E-state index is -0.523. The highest BCUT2D eigenvalue weighted by atomic mass is 79.9. The molecule has 2 fully saturated rings. The molecule has 0 N–H and O–H groups in total. The van der Waals surface area contributed by atoms with Crippen LogP contribution in [0.3, 0.4) is 0 Å². The van der Waals surface area contributed by atoms with Crippen LogP contribution >= 0.6 is 15.9 Å². The highest BCUT2D eigenvalue weighted by molar-refractivity contribution is 9.10. The van der Waals surface area contributed by atoms with Gasteiger partial charge in [0.05, 0.1) is 22.4 Å². The molecule has 0 spiro atoms. The van der Waals surface area contributed by atoms with Gasteiger partial charge in [0.2, 0.25) is 0 Å². The van der Waals surface area contributed by atoms with Gasteiger partial charge in [0.25, 0.3) is 0 Å². The summed E-state index contributed by atoms with van der Waals surface area (Å²) in [5.41, 5.74) is 6.45. The Bertz CT molecular complexity index is 3490. The lowest BCUT2D eigenvalue weighted by atomic mass is 9.79. The van der Waals surface area contributed by atoms with E-state index in [0.29, 0.717) is 0 Å². The third-order valence-electron chi connectivity index (χ3n) is 15.3. The third-order valence-corrected chi connectivity index (χ3v) is 15.9. The Balaban J connectivity index is 0.000000145. The molecule has 0 radical (unpaired) electrons. The number of nitrogens with zero attached hydrogens (tertiary/aromatic N) is 2. The summed E-state index contributed by atoms with van der Waals surface area (Å²) < 4.78 is 30.3. The molecule has 0 aromatic heterocycles. The Morgan fingerprint density at radius 1 is 0.351 bits per heavy atom. The van der Waals surface area contributed by atoms with Gasteiger partial charge in [-0.3, -0.25) is 0 Å². The van der Waals surface area contributed by atoms with Gasteiger partial charge in [-0.2, -0.15) is 0 Å². The summed E-state index contributed by atoms with van der Waals surface area (Å²) in [5.74, 6) is 0. The van der Waals surface area contributed by atoms with Crippen molar-refractivity contribution in [3.63, 3.8) is 0 Å². The molecule has 0 amide bonds. The SMILES string of the molecule is Brc1ccc(N(c2ccc3ccccc3c2)c2ccc3ccccc3c2)cc1.CC(C)OB1OC(C)(C)C(C)(C)O1.CC1(C)OB(c2ccc(N(c3ccc4ccccc4c3)c3ccc4ccccc4c3)cc2)OC1(C)C. The fourth-order valence-corrected chi connectivity index (χ4v) is 9.84. The Hall–Kier alpha value is -6.75. The molecular formula is C67H67B2BrN2O5. The van der Waals surface area contributed by atoms with Gasteiger partial charge in [0.1, 0.15) is 0 Å². The van der Waals surface area contributed by atoms with E-state index in [1.165, 1.54) is 43.1 Å². The summed E-state index contributed by atoms with van der Waals surface area (Å²) >= 11 is 3.55. The second-order valence-electron chi connectivity index (χ2n) is 22.2. The van der Waals surface area contributed by atoms with Crippen LogP contribution in [0.1, 0.15) is 69.2 Å². The standard InChI is InChI=1S/C32H30BNO2.C26H18BrN.C9H19BO3/c1-31(2)32(3,4)36-33(35-31)27-15-19-28(20-16-27)34(29-17-13-23-9-5-7-11-25(23)21-29)30-18-14-24-10-6-8-12-26(24)22-30;27-23-11-15-24(16-12-23)28(25-13-9-19-5-1-3-7-21(19)17-25)26-14-10-20-6-2-4-8-22(20)18-26;1-7(2)11-10-12-8(3,4)9(5,6)13-10/h5-22H,1-4H3;1-18H;7H,1-6H3. The van der Waals surface area contributed by atoms with Gasteiger partial charge in [-0.1, -0.05) is 149 Å². The number of hydrogen-bond acceptors (Lipinski definition) is 7. The third kappa shape index (κ3) is 11.8. The highest BCUT2D eigenvalue weighted by Crippen LogP contribution is 2.41. The first-order valence-corrected chi connectivity index (χ1v) is 27.4. The Morgan fingerprint density at radius 2 is 0.623 bits per heavy atom. The Kier molecular flexibility index (Phi) is 15.3. The van der Waals surface area contributed by atoms with E-state index in [2.05, 4.69) is 272 Å². The lowest BCUT2D eigenvalue weighted by Gasteiger charge is -2.32. The summed E-state index contributed by atoms with van der Waals surface area (Å²) in [4.78, 5) is 4.62. The molecule has 77 heavy (non-hydrogen) atoms. The molecule has 2 aliphatic heterocycles. The van der Waals surface area contributed by atoms with Crippen LogP contribution in [-0.4, -0.2) is 42.9 Å². The van der Waals surface area contributed by atoms with Crippen molar-refractivity contribution >= 4 is 113 Å². The quantitative estimate of drug-likeness (QED) is 0.134. The zero-order valence-electron chi connectivity index (χ0n) is 45.8. The van der Waals surface area contributed by atoms with Gasteiger partial charge < -0.3 is 33.1 Å². The lowest BCUT2D eigenvalue weighted by molar-refractivity contribution is 0.00578. The van der Waals surface area contributed by atoms with Gasteiger partial charge in [0.15, 0.2) is 0 Å². The monoisotopic (exact) mass is 1080 g/mol. The largest absolute Gasteiger partial charge is 0.640 e. The maximum atomic E-state index is 6.28. The van der Waals surface area contributed by atoms with E-state index >= 15 is 0 Å². The van der Waals surface area contributed by atoms with Crippen molar-refractivity contribution in [2.24, 2.45) is 0 Å². The van der Waals surface area contributed by atoms with Crippen LogP contribution in [0.15, 0.2) is 223 Å². The fourth-order valence-electron chi connectivity index (χ4n) is 9.57. The van der Waals surface area contributed by atoms with Crippen molar-refractivity contribution in [3.05, 3.63) is 223 Å². The molecule has 0 atom stereocenters. The number of rotatable bonds is 9. The zero-order valence-corrected chi connectivity index (χ0v) is 47.4. The number of halogens is 1. The molecule has 10 heteroatoms. The molecule has 7 nitrogen and oxygen atoms in total. The molecule has 0 unspecified atom stereocenters. The van der Waals surface area contributed by atoms with Gasteiger partial charge in [-0.25, -0.2) is 0 Å². The van der Waals surface area contributed by atoms with Crippen LogP contribution in [0.2, 0.25) is 0 Å². The van der Waals surface area contributed by atoms with Crippen LogP contribution in [0.4, 0.5) is 34.1 Å². The summed E-state index contributed by atoms with van der Waals surface area (Å²) in [6, 6.07) is 77.5. The van der Waals surface area contributed by atoms with Crippen molar-refractivity contribution in [2.45, 2.75) is 97.7 Å². The van der Waals surface area contributed by atoms with Gasteiger partial charge >= 0.3 is 14.4 Å². The van der Waals surface area contributed by atoms with Gasteiger partial charge in [-0.05, 0) is 203 Å². The van der Waals surface area contributed by atoms with E-state index < -0.39 is 7.32 Å². The van der Waals surface area contributed by atoms with Gasteiger partial charge in [-0.15, -0.1) is 0 Å². The van der Waals surface area contributed by atoms with E-state index in [0.717, 1.165) is 44.1 Å². The van der Waals surface area contributed by atoms with Crippen LogP contribution in [0.25, 0.3) is 43.1 Å². The zero-order chi connectivity index (χ0) is 54.1. The van der Waals surface area contributed by atoms with E-state index in [1.54, 1.807) is 0 Å². The summed E-state index contributed by atoms with van der Waals surface area (Å²) in [6.45, 7) is 20.3. The molecule has 10 aromatic carbocycles. The molecule has 0 saturated carbocycles. The molecule has 0 bridgehead atoms. The van der Waals surface area contributed by atoms with E-state index in [-0.39, 0.29) is 35.6 Å². The molecule has 10 aromatic rings. The number of benzene rings is 10. The molecule has 2 heterocycles. The first-order chi connectivity index (χ1) is 36.8. The number of hydrogen-bond donors (Lipinski definition) is 0. The predicted octanol–water partition coefficient (Wildman–Crippen LogP) is 18.0. The summed E-state index contributed by atoms with van der Waals surface area (Å²) in [7, 11) is -0.899. The van der Waals surface area contributed by atoms with E-state index in [4.69, 9.17) is 23.3 Å². The van der Waals surface area contributed by atoms with E-state index in [1.807, 2.05) is 41.5 Å².